The molecule has 0 unspecified atom stereocenters. The summed E-state index contributed by atoms with van der Waals surface area (Å²) in [6, 6.07) is 1.41. The number of nitrogen functional groups attached to an aromatic ring is 1. The van der Waals surface area contributed by atoms with E-state index in [9.17, 15) is 13.2 Å². The molecule has 2 rings (SSSR count). The number of carbonyl (C=O) groups excluding carboxylic acids is 1. The third-order valence-electron chi connectivity index (χ3n) is 2.44. The maximum Gasteiger partial charge on any atom is 0.247 e. The largest absolute Gasteiger partial charge is 0.398 e. The van der Waals surface area contributed by atoms with Gasteiger partial charge in [0.2, 0.25) is 15.9 Å². The highest BCUT2D eigenvalue weighted by atomic mass is 32.2. The zero-order chi connectivity index (χ0) is 12.5. The second kappa shape index (κ2) is 4.30. The zero-order valence-corrected chi connectivity index (χ0v) is 9.77. The minimum Gasteiger partial charge on any atom is -0.398 e. The van der Waals surface area contributed by atoms with Crippen LogP contribution in [0.15, 0.2) is 23.4 Å². The Morgan fingerprint density at radius 1 is 1.47 bits per heavy atom. The van der Waals surface area contributed by atoms with Crippen molar-refractivity contribution < 1.29 is 13.2 Å². The molecule has 92 valence electrons. The molecule has 1 aliphatic heterocycles. The topological polar surface area (TPSA) is 105 Å². The minimum atomic E-state index is -3.74. The predicted octanol–water partition coefficient (Wildman–Crippen LogP) is -1.22. The number of pyridine rings is 1. The van der Waals surface area contributed by atoms with Gasteiger partial charge < -0.3 is 11.1 Å². The third kappa shape index (κ3) is 2.22. The number of hydrogen-bond acceptors (Lipinski definition) is 5. The average molecular weight is 256 g/mol. The summed E-state index contributed by atoms with van der Waals surface area (Å²) in [6.45, 7) is 0.358. The van der Waals surface area contributed by atoms with Gasteiger partial charge in [-0.15, -0.1) is 0 Å². The van der Waals surface area contributed by atoms with E-state index in [1.165, 1.54) is 18.5 Å². The summed E-state index contributed by atoms with van der Waals surface area (Å²) >= 11 is 0. The molecule has 1 aliphatic rings. The highest BCUT2D eigenvalue weighted by Gasteiger charge is 2.30. The maximum atomic E-state index is 12.2. The van der Waals surface area contributed by atoms with E-state index in [1.807, 2.05) is 0 Å². The van der Waals surface area contributed by atoms with Gasteiger partial charge in [-0.25, -0.2) is 8.42 Å². The Labute approximate surface area is 98.7 Å². The van der Waals surface area contributed by atoms with Gasteiger partial charge in [0.25, 0.3) is 0 Å². The average Bonchev–Trinajstić information content (AvgIpc) is 2.29. The molecule has 7 nitrogen and oxygen atoms in total. The number of nitrogens with two attached hydrogens (primary N) is 1. The first kappa shape index (κ1) is 11.8. The van der Waals surface area contributed by atoms with Gasteiger partial charge >= 0.3 is 0 Å². The fourth-order valence-corrected chi connectivity index (χ4v) is 3.02. The number of sulfonamides is 1. The van der Waals surface area contributed by atoms with Crippen LogP contribution in [0.2, 0.25) is 0 Å². The molecule has 0 radical (unpaired) electrons. The van der Waals surface area contributed by atoms with Crippen molar-refractivity contribution in [2.75, 3.05) is 25.4 Å². The van der Waals surface area contributed by atoms with E-state index in [0.717, 1.165) is 4.31 Å². The molecule has 2 heterocycles. The lowest BCUT2D eigenvalue weighted by Gasteiger charge is -2.26. The zero-order valence-electron chi connectivity index (χ0n) is 8.96. The van der Waals surface area contributed by atoms with Crippen molar-refractivity contribution >= 4 is 21.6 Å². The molecule has 1 aromatic rings. The van der Waals surface area contributed by atoms with Crippen LogP contribution in [0, 0.1) is 0 Å². The molecule has 3 N–H and O–H groups in total. The molecular formula is C9H12N4O3S. The normalized spacial score (nSPS) is 17.8. The van der Waals surface area contributed by atoms with Crippen molar-refractivity contribution in [2.45, 2.75) is 4.90 Å². The number of hydrogen-bond donors (Lipinski definition) is 2. The van der Waals surface area contributed by atoms with Crippen molar-refractivity contribution in [3.8, 4) is 0 Å². The van der Waals surface area contributed by atoms with Crippen molar-refractivity contribution in [1.82, 2.24) is 14.6 Å². The van der Waals surface area contributed by atoms with Crippen molar-refractivity contribution in [3.63, 3.8) is 0 Å². The standard InChI is InChI=1S/C9H12N4O3S/c10-7-1-2-11-5-8(7)17(15,16)13-4-3-12-9(14)6-13/h1-2,5H,3-4,6H2,(H2,10,11)(H,12,14). The number of piperazine rings is 1. The molecule has 1 fully saturated rings. The second-order valence-corrected chi connectivity index (χ2v) is 5.51. The Kier molecular flexibility index (Phi) is 2.99. The van der Waals surface area contributed by atoms with Crippen molar-refractivity contribution in [2.24, 2.45) is 0 Å². The molecule has 17 heavy (non-hydrogen) atoms. The summed E-state index contributed by atoms with van der Waals surface area (Å²) in [5.74, 6) is -0.317. The first-order valence-corrected chi connectivity index (χ1v) is 6.42. The summed E-state index contributed by atoms with van der Waals surface area (Å²) in [4.78, 5) is 14.9. The van der Waals surface area contributed by atoms with Crippen LogP contribution in [-0.2, 0) is 14.8 Å². The van der Waals surface area contributed by atoms with Gasteiger partial charge in [0.1, 0.15) is 4.90 Å². The lowest BCUT2D eigenvalue weighted by Crippen LogP contribution is -2.49. The predicted molar refractivity (Wildman–Crippen MR) is 60.4 cm³/mol. The third-order valence-corrected chi connectivity index (χ3v) is 4.33. The smallest absolute Gasteiger partial charge is 0.247 e. The molecular weight excluding hydrogens is 244 g/mol. The molecule has 1 aromatic heterocycles. The summed E-state index contributed by atoms with van der Waals surface area (Å²) in [6.07, 6.45) is 2.61. The molecule has 0 saturated carbocycles. The Morgan fingerprint density at radius 2 is 2.24 bits per heavy atom. The molecule has 0 bridgehead atoms. The second-order valence-electron chi connectivity index (χ2n) is 3.60. The highest BCUT2D eigenvalue weighted by Crippen LogP contribution is 2.20. The van der Waals surface area contributed by atoms with Crippen LogP contribution in [-0.4, -0.2) is 43.2 Å². The van der Waals surface area contributed by atoms with Crippen LogP contribution < -0.4 is 11.1 Å². The lowest BCUT2D eigenvalue weighted by atomic mass is 10.4. The van der Waals surface area contributed by atoms with E-state index >= 15 is 0 Å². The molecule has 1 saturated heterocycles. The molecule has 0 aromatic carbocycles. The summed E-state index contributed by atoms with van der Waals surface area (Å²) < 4.78 is 25.5. The van der Waals surface area contributed by atoms with Gasteiger partial charge in [-0.1, -0.05) is 0 Å². The van der Waals surface area contributed by atoms with E-state index in [-0.39, 0.29) is 29.6 Å². The molecule has 1 amide bonds. The summed E-state index contributed by atoms with van der Waals surface area (Å²) in [5, 5.41) is 2.56. The Bertz CT molecular complexity index is 543. The minimum absolute atomic E-state index is 0.0605. The van der Waals surface area contributed by atoms with Gasteiger partial charge in [0, 0.05) is 25.5 Å². The molecule has 0 aliphatic carbocycles. The van der Waals surface area contributed by atoms with Gasteiger partial charge in [-0.3, -0.25) is 9.78 Å². The van der Waals surface area contributed by atoms with Gasteiger partial charge in [0.05, 0.1) is 12.2 Å². The van der Waals surface area contributed by atoms with E-state index in [2.05, 4.69) is 10.3 Å². The van der Waals surface area contributed by atoms with Gasteiger partial charge in [-0.2, -0.15) is 4.31 Å². The number of nitrogens with one attached hydrogen (secondary N) is 1. The Hall–Kier alpha value is -1.67. The van der Waals surface area contributed by atoms with Crippen LogP contribution >= 0.6 is 0 Å². The summed E-state index contributed by atoms with van der Waals surface area (Å²) in [7, 11) is -3.74. The molecule has 8 heteroatoms. The quantitative estimate of drug-likeness (QED) is 0.690. The number of aromatic nitrogens is 1. The number of anilines is 1. The lowest BCUT2D eigenvalue weighted by molar-refractivity contribution is -0.122. The van der Waals surface area contributed by atoms with Gasteiger partial charge in [-0.05, 0) is 6.07 Å². The fourth-order valence-electron chi connectivity index (χ4n) is 1.57. The van der Waals surface area contributed by atoms with Crippen LogP contribution in [0.4, 0.5) is 5.69 Å². The van der Waals surface area contributed by atoms with E-state index in [1.54, 1.807) is 0 Å². The van der Waals surface area contributed by atoms with E-state index in [0.29, 0.717) is 6.54 Å². The number of nitrogens with zero attached hydrogens (tertiary/aromatic N) is 2. The van der Waals surface area contributed by atoms with Crippen molar-refractivity contribution in [1.29, 1.82) is 0 Å². The monoisotopic (exact) mass is 256 g/mol. The first-order valence-electron chi connectivity index (χ1n) is 4.98. The van der Waals surface area contributed by atoms with Crippen LogP contribution in [0.5, 0.6) is 0 Å². The number of carbonyl (C=O) groups is 1. The highest BCUT2D eigenvalue weighted by molar-refractivity contribution is 7.89. The SMILES string of the molecule is Nc1ccncc1S(=O)(=O)N1CCNC(=O)C1. The van der Waals surface area contributed by atoms with Crippen molar-refractivity contribution in [3.05, 3.63) is 18.5 Å². The molecule has 0 atom stereocenters. The Morgan fingerprint density at radius 3 is 2.88 bits per heavy atom. The summed E-state index contributed by atoms with van der Waals surface area (Å²) in [5.41, 5.74) is 5.73. The number of rotatable bonds is 2. The Balaban J connectivity index is 2.36. The van der Waals surface area contributed by atoms with Crippen LogP contribution in [0.3, 0.4) is 0 Å². The van der Waals surface area contributed by atoms with E-state index in [4.69, 9.17) is 5.73 Å². The molecule has 0 spiro atoms. The fraction of sp³-hybridized carbons (Fsp3) is 0.333. The van der Waals surface area contributed by atoms with Crippen LogP contribution in [0.1, 0.15) is 0 Å². The van der Waals surface area contributed by atoms with Crippen LogP contribution in [0.25, 0.3) is 0 Å². The van der Waals surface area contributed by atoms with E-state index < -0.39 is 10.0 Å². The number of amides is 1. The van der Waals surface area contributed by atoms with Gasteiger partial charge in [0.15, 0.2) is 0 Å². The maximum absolute atomic E-state index is 12.2. The first-order chi connectivity index (χ1) is 8.01.